The number of halogens is 24. The summed E-state index contributed by atoms with van der Waals surface area (Å²) in [6.45, 7) is 0. The maximum atomic E-state index is 14.2. The molecule has 2 nitrogen and oxygen atoms in total. The maximum Gasteiger partial charge on any atom is 0.416 e. The summed E-state index contributed by atoms with van der Waals surface area (Å²) in [5.74, 6) is 0.133. The first-order chi connectivity index (χ1) is 34.6. The normalized spacial score (nSPS) is 13.4. The quantitative estimate of drug-likeness (QED) is 0.0889. The third kappa shape index (κ3) is 12.9. The molecule has 0 saturated heterocycles. The third-order valence-corrected chi connectivity index (χ3v) is 11.7. The fourth-order valence-corrected chi connectivity index (χ4v) is 8.33. The number of fused-ring (bicyclic) bond motifs is 1. The van der Waals surface area contributed by atoms with Gasteiger partial charge >= 0.3 is 49.4 Å². The number of alkyl halides is 24. The Hall–Kier alpha value is -7.22. The third-order valence-electron chi connectivity index (χ3n) is 11.7. The van der Waals surface area contributed by atoms with Crippen LogP contribution in [0.3, 0.4) is 0 Å². The number of hydrogen-bond acceptors (Lipinski definition) is 1. The molecule has 1 aromatic heterocycles. The second-order valence-electron chi connectivity index (χ2n) is 16.7. The van der Waals surface area contributed by atoms with Crippen LogP contribution in [0.15, 0.2) is 140 Å². The highest BCUT2D eigenvalue weighted by Crippen LogP contribution is 2.41. The van der Waals surface area contributed by atoms with Gasteiger partial charge in [0.25, 0.3) is 0 Å². The molecule has 7 aromatic rings. The average Bonchev–Trinajstić information content (AvgIpc) is 3.30. The lowest BCUT2D eigenvalue weighted by atomic mass is 9.12. The van der Waals surface area contributed by atoms with Crippen LogP contribution in [0, 0.1) is 0 Å². The van der Waals surface area contributed by atoms with E-state index in [-0.39, 0.29) is 5.78 Å². The first kappa shape index (κ1) is 58.1. The van der Waals surface area contributed by atoms with E-state index in [1.807, 2.05) is 60.8 Å². The molecule has 1 heterocycles. The molecule has 0 bridgehead atoms. The molecule has 0 amide bonds. The van der Waals surface area contributed by atoms with Gasteiger partial charge in [-0.2, -0.15) is 127 Å². The van der Waals surface area contributed by atoms with Crippen LogP contribution in [0.5, 0.6) is 0 Å². The van der Waals surface area contributed by atoms with Gasteiger partial charge in [0.05, 0.1) is 50.9 Å². The number of benzene rings is 6. The second kappa shape index (κ2) is 20.1. The van der Waals surface area contributed by atoms with Gasteiger partial charge in [-0.05, 0) is 35.7 Å². The maximum absolute atomic E-state index is 14.2. The monoisotopic (exact) mass is 1110 g/mol. The minimum absolute atomic E-state index is 0.133. The molecule has 7 rings (SSSR count). The second-order valence-corrected chi connectivity index (χ2v) is 16.7. The van der Waals surface area contributed by atoms with E-state index in [4.69, 9.17) is 0 Å². The topological polar surface area (TPSA) is 31.2 Å². The average molecular weight is 1110 g/mol. The minimum Gasteiger partial charge on any atom is -0.294 e. The molecule has 27 heteroatoms. The highest BCUT2D eigenvalue weighted by Gasteiger charge is 2.47. The molecule has 0 unspecified atom stereocenters. The highest BCUT2D eigenvalue weighted by molar-refractivity contribution is 7.20. The van der Waals surface area contributed by atoms with Crippen molar-refractivity contribution in [3.8, 4) is 0 Å². The predicted octanol–water partition coefficient (Wildman–Crippen LogP) is 14.3. The summed E-state index contributed by atoms with van der Waals surface area (Å²) in [6.07, 6.45) is -52.5. The number of nitrogens with one attached hydrogen (secondary N) is 1. The Kier molecular flexibility index (Phi) is 15.3. The van der Waals surface area contributed by atoms with Gasteiger partial charge in [0.15, 0.2) is 17.7 Å². The molecular weight excluding hydrogens is 1090 g/mol. The summed E-state index contributed by atoms with van der Waals surface area (Å²) in [7, 11) is 0. The number of rotatable bonds is 7. The van der Waals surface area contributed by atoms with Crippen LogP contribution in [0.25, 0.3) is 10.8 Å². The molecular formula is C49H26BF24NO. The van der Waals surface area contributed by atoms with Crippen LogP contribution < -0.4 is 26.8 Å². The number of Topliss-reactive ketones (excluding diaryl/α,β-unsaturated/α-hetero) is 1. The summed E-state index contributed by atoms with van der Waals surface area (Å²) in [6, 6.07) is 10.7. The van der Waals surface area contributed by atoms with E-state index in [0.29, 0.717) is 6.42 Å². The van der Waals surface area contributed by atoms with Gasteiger partial charge < -0.3 is 0 Å². The molecule has 404 valence electrons. The fraction of sp³-hybridized carbons (Fsp3) is 0.184. The zero-order chi connectivity index (χ0) is 57.0. The summed E-state index contributed by atoms with van der Waals surface area (Å²) in [4.78, 5) is 15.4. The predicted molar refractivity (Wildman–Crippen MR) is 225 cm³/mol. The van der Waals surface area contributed by atoms with Crippen molar-refractivity contribution in [2.24, 2.45) is 0 Å². The molecule has 0 saturated carbocycles. The molecule has 0 aliphatic rings. The van der Waals surface area contributed by atoms with E-state index in [1.54, 1.807) is 0 Å². The van der Waals surface area contributed by atoms with Crippen molar-refractivity contribution in [3.05, 3.63) is 195 Å². The van der Waals surface area contributed by atoms with Crippen LogP contribution >= 0.6 is 0 Å². The van der Waals surface area contributed by atoms with Crippen molar-refractivity contribution in [1.82, 2.24) is 0 Å². The Morgan fingerprint density at radius 1 is 0.342 bits per heavy atom. The van der Waals surface area contributed by atoms with Gasteiger partial charge in [0.1, 0.15) is 6.15 Å². The lowest BCUT2D eigenvalue weighted by Crippen LogP contribution is -2.75. The fourth-order valence-electron chi connectivity index (χ4n) is 8.33. The SMILES string of the molecule is FC(F)(F)c1cc([B-](c2cc(C(F)(F)F)cc(C(F)(F)F)c2)(c2cc(C(F)(F)F)cc(C(F)(F)F)c2)c2cc(C(F)(F)F)cc(C(F)(F)F)c2)cc(C(F)(F)F)c1.O=C(Cc1[nH+]ccc2ccccc12)c1ccccc1. The molecule has 0 aliphatic heterocycles. The molecule has 0 spiro atoms. The van der Waals surface area contributed by atoms with E-state index in [2.05, 4.69) is 11.1 Å². The Bertz CT molecular complexity index is 2810. The molecule has 0 atom stereocenters. The summed E-state index contributed by atoms with van der Waals surface area (Å²) in [5.41, 5.74) is -28.5. The number of carbonyl (C=O) groups excluding carboxylic acids is 1. The number of aromatic amines is 1. The van der Waals surface area contributed by atoms with Crippen molar-refractivity contribution < 1.29 is 115 Å². The smallest absolute Gasteiger partial charge is 0.294 e. The van der Waals surface area contributed by atoms with Crippen molar-refractivity contribution in [1.29, 1.82) is 0 Å². The molecule has 0 fully saturated rings. The van der Waals surface area contributed by atoms with Gasteiger partial charge in [-0.3, -0.25) is 4.79 Å². The lowest BCUT2D eigenvalue weighted by Gasteiger charge is -2.46. The van der Waals surface area contributed by atoms with Crippen LogP contribution in [-0.4, -0.2) is 11.9 Å². The summed E-state index contributed by atoms with van der Waals surface area (Å²) >= 11 is 0. The van der Waals surface area contributed by atoms with Gasteiger partial charge in [-0.25, -0.2) is 4.98 Å². The summed E-state index contributed by atoms with van der Waals surface area (Å²) in [5, 5.41) is 2.26. The largest absolute Gasteiger partial charge is 0.416 e. The van der Waals surface area contributed by atoms with Crippen LogP contribution in [-0.2, 0) is 55.8 Å². The van der Waals surface area contributed by atoms with Crippen LogP contribution in [0.2, 0.25) is 0 Å². The van der Waals surface area contributed by atoms with Gasteiger partial charge in [-0.1, -0.05) is 97.1 Å². The number of aromatic nitrogens is 1. The molecule has 0 radical (unpaired) electrons. The number of hydrogen-bond donors (Lipinski definition) is 0. The van der Waals surface area contributed by atoms with Crippen molar-refractivity contribution in [3.63, 3.8) is 0 Å². The first-order valence-electron chi connectivity index (χ1n) is 20.9. The van der Waals surface area contributed by atoms with E-state index in [1.165, 1.54) is 0 Å². The number of carbonyl (C=O) groups is 1. The van der Waals surface area contributed by atoms with Crippen molar-refractivity contribution >= 4 is 44.6 Å². The molecule has 1 N–H and O–H groups in total. The summed E-state index contributed by atoms with van der Waals surface area (Å²) < 4.78 is 341. The van der Waals surface area contributed by atoms with E-state index in [0.717, 1.165) is 22.0 Å². The Balaban J connectivity index is 0.000000408. The van der Waals surface area contributed by atoms with Crippen molar-refractivity contribution in [2.75, 3.05) is 0 Å². The Morgan fingerprint density at radius 2 is 0.605 bits per heavy atom. The van der Waals surface area contributed by atoms with Gasteiger partial charge in [0.2, 0.25) is 0 Å². The van der Waals surface area contributed by atoms with Gasteiger partial charge in [-0.15, -0.1) is 0 Å². The van der Waals surface area contributed by atoms with E-state index < -0.39 is 195 Å². The van der Waals surface area contributed by atoms with E-state index >= 15 is 0 Å². The number of ketones is 1. The zero-order valence-corrected chi connectivity index (χ0v) is 37.0. The molecule has 76 heavy (non-hydrogen) atoms. The highest BCUT2D eigenvalue weighted by atomic mass is 19.4. The first-order valence-corrected chi connectivity index (χ1v) is 20.9. The minimum atomic E-state index is -6.13. The Morgan fingerprint density at radius 3 is 0.882 bits per heavy atom. The molecule has 0 aliphatic carbocycles. The number of H-pyrrole nitrogens is 1. The van der Waals surface area contributed by atoms with Crippen LogP contribution in [0.1, 0.15) is 60.6 Å². The number of pyridine rings is 1. The Labute approximate surface area is 410 Å². The van der Waals surface area contributed by atoms with Gasteiger partial charge in [0, 0.05) is 17.0 Å². The molecule has 6 aromatic carbocycles. The van der Waals surface area contributed by atoms with E-state index in [9.17, 15) is 110 Å². The standard InChI is InChI=1S/C32H12BF24.C17H13NO/c34-25(35,36)13-1-14(26(37,38)39)6-21(5-13)33(22-7-15(27(40,41)42)2-16(8-22)28(43,44)45,23-9-17(29(46,47)48)3-18(10-23)30(49,50)51)24-11-19(31(52,53)54)4-20(12-24)32(55,56)57;19-17(14-7-2-1-3-8-14)12-16-15-9-5-4-6-13(15)10-11-18-16/h1-12H;1-11H,12H2/q-1;/p+1. The van der Waals surface area contributed by atoms with Crippen LogP contribution in [0.4, 0.5) is 105 Å². The van der Waals surface area contributed by atoms with Crippen molar-refractivity contribution in [2.45, 2.75) is 55.8 Å². The zero-order valence-electron chi connectivity index (χ0n) is 37.0. The lowest BCUT2D eigenvalue weighted by molar-refractivity contribution is -0.386.